The van der Waals surface area contributed by atoms with E-state index in [0.717, 1.165) is 16.7 Å². The summed E-state index contributed by atoms with van der Waals surface area (Å²) in [5.74, 6) is 0.747. The van der Waals surface area contributed by atoms with E-state index in [1.807, 2.05) is 56.3 Å². The van der Waals surface area contributed by atoms with Crippen molar-refractivity contribution in [1.29, 1.82) is 0 Å². The predicted octanol–water partition coefficient (Wildman–Crippen LogP) is 3.55. The molecule has 2 heterocycles. The van der Waals surface area contributed by atoms with Crippen molar-refractivity contribution >= 4 is 22.1 Å². The van der Waals surface area contributed by atoms with Crippen LogP contribution in [-0.2, 0) is 6.54 Å². The fourth-order valence-corrected chi connectivity index (χ4v) is 3.38. The number of benzene rings is 2. The summed E-state index contributed by atoms with van der Waals surface area (Å²) in [5, 5.41) is 0.756. The van der Waals surface area contributed by atoms with E-state index < -0.39 is 5.56 Å². The first-order valence-electron chi connectivity index (χ1n) is 8.80. The van der Waals surface area contributed by atoms with Crippen LogP contribution in [0, 0.1) is 0 Å². The number of aromatic nitrogens is 2. The van der Waals surface area contributed by atoms with Crippen molar-refractivity contribution in [1.82, 2.24) is 9.13 Å². The van der Waals surface area contributed by atoms with E-state index in [1.165, 1.54) is 4.57 Å². The molecule has 6 nitrogen and oxygen atoms in total. The van der Waals surface area contributed by atoms with Crippen molar-refractivity contribution in [2.75, 3.05) is 7.11 Å². The molecule has 0 aliphatic heterocycles. The first-order chi connectivity index (χ1) is 13.0. The van der Waals surface area contributed by atoms with Gasteiger partial charge in [-0.2, -0.15) is 0 Å². The predicted molar refractivity (Wildman–Crippen MR) is 105 cm³/mol. The number of hydrogen-bond donors (Lipinski definition) is 0. The first-order valence-corrected chi connectivity index (χ1v) is 8.80. The number of fused-ring (bicyclic) bond motifs is 3. The Morgan fingerprint density at radius 3 is 2.41 bits per heavy atom. The van der Waals surface area contributed by atoms with Crippen LogP contribution in [0.15, 0.2) is 62.5 Å². The van der Waals surface area contributed by atoms with Gasteiger partial charge >= 0.3 is 5.69 Å². The molecule has 0 unspecified atom stereocenters. The van der Waals surface area contributed by atoms with Crippen molar-refractivity contribution in [3.63, 3.8) is 0 Å². The molecule has 0 aliphatic rings. The fraction of sp³-hybridized carbons (Fsp3) is 0.238. The van der Waals surface area contributed by atoms with Gasteiger partial charge in [-0.15, -0.1) is 0 Å². The van der Waals surface area contributed by atoms with E-state index in [-0.39, 0.29) is 17.3 Å². The minimum absolute atomic E-state index is 0.206. The summed E-state index contributed by atoms with van der Waals surface area (Å²) in [6.45, 7) is 3.96. The summed E-state index contributed by atoms with van der Waals surface area (Å²) >= 11 is 0. The van der Waals surface area contributed by atoms with Crippen LogP contribution in [0.1, 0.15) is 25.5 Å². The van der Waals surface area contributed by atoms with E-state index in [0.29, 0.717) is 17.6 Å². The third-order valence-corrected chi connectivity index (χ3v) is 4.71. The zero-order valence-corrected chi connectivity index (χ0v) is 15.4. The average molecular weight is 364 g/mol. The molecule has 138 valence electrons. The zero-order valence-electron chi connectivity index (χ0n) is 15.4. The Balaban J connectivity index is 2.04. The molecule has 0 aliphatic carbocycles. The molecule has 0 spiro atoms. The lowest BCUT2D eigenvalue weighted by atomic mass is 10.2. The number of rotatable bonds is 4. The number of furan rings is 1. The standard InChI is InChI=1S/C21H20N2O4/c1-13(2)23-20(24)19-18(16-6-4-5-7-17(16)27-19)22(21(23)25)12-14-8-10-15(26-3)11-9-14/h4-11,13H,12H2,1-3H3. The van der Waals surface area contributed by atoms with Crippen LogP contribution in [0.3, 0.4) is 0 Å². The van der Waals surface area contributed by atoms with Gasteiger partial charge in [-0.25, -0.2) is 4.79 Å². The summed E-state index contributed by atoms with van der Waals surface area (Å²) in [6, 6.07) is 14.6. The van der Waals surface area contributed by atoms with Crippen LogP contribution in [0.2, 0.25) is 0 Å². The van der Waals surface area contributed by atoms with Crippen LogP contribution in [-0.4, -0.2) is 16.2 Å². The third-order valence-electron chi connectivity index (χ3n) is 4.71. The Morgan fingerprint density at radius 1 is 1.04 bits per heavy atom. The lowest BCUT2D eigenvalue weighted by Gasteiger charge is -2.14. The molecule has 0 saturated heterocycles. The van der Waals surface area contributed by atoms with Crippen LogP contribution in [0.4, 0.5) is 0 Å². The molecule has 0 atom stereocenters. The number of ether oxygens (including phenoxy) is 1. The summed E-state index contributed by atoms with van der Waals surface area (Å²) in [7, 11) is 1.61. The maximum Gasteiger partial charge on any atom is 0.332 e. The molecule has 4 rings (SSSR count). The molecule has 0 radical (unpaired) electrons. The van der Waals surface area contributed by atoms with E-state index in [9.17, 15) is 9.59 Å². The van der Waals surface area contributed by atoms with Crippen molar-refractivity contribution in [2.24, 2.45) is 0 Å². The van der Waals surface area contributed by atoms with Crippen LogP contribution in [0.5, 0.6) is 5.75 Å². The van der Waals surface area contributed by atoms with Crippen LogP contribution >= 0.6 is 0 Å². The largest absolute Gasteiger partial charge is 0.497 e. The second kappa shape index (κ2) is 6.46. The lowest BCUT2D eigenvalue weighted by molar-refractivity contribution is 0.414. The van der Waals surface area contributed by atoms with E-state index in [1.54, 1.807) is 17.7 Å². The Kier molecular flexibility index (Phi) is 4.11. The SMILES string of the molecule is COc1ccc(Cn2c(=O)n(C(C)C)c(=O)c3oc4ccccc4c32)cc1. The highest BCUT2D eigenvalue weighted by atomic mass is 16.5. The fourth-order valence-electron chi connectivity index (χ4n) is 3.38. The molecule has 0 bridgehead atoms. The van der Waals surface area contributed by atoms with Crippen molar-refractivity contribution in [3.8, 4) is 5.75 Å². The Morgan fingerprint density at radius 2 is 1.74 bits per heavy atom. The summed E-state index contributed by atoms with van der Waals surface area (Å²) in [4.78, 5) is 26.1. The molecule has 4 aromatic rings. The molecule has 6 heteroatoms. The summed E-state index contributed by atoms with van der Waals surface area (Å²) in [5.41, 5.74) is 1.52. The van der Waals surface area contributed by atoms with E-state index >= 15 is 0 Å². The van der Waals surface area contributed by atoms with Gasteiger partial charge in [0, 0.05) is 11.4 Å². The highest BCUT2D eigenvalue weighted by Gasteiger charge is 2.21. The summed E-state index contributed by atoms with van der Waals surface area (Å²) in [6.07, 6.45) is 0. The van der Waals surface area contributed by atoms with Gasteiger partial charge in [0.05, 0.1) is 13.7 Å². The van der Waals surface area contributed by atoms with Gasteiger partial charge in [0.2, 0.25) is 5.58 Å². The third kappa shape index (κ3) is 2.73. The van der Waals surface area contributed by atoms with Gasteiger partial charge < -0.3 is 9.15 Å². The zero-order chi connectivity index (χ0) is 19.1. The maximum absolute atomic E-state index is 13.2. The topological polar surface area (TPSA) is 66.4 Å². The molecule has 0 N–H and O–H groups in total. The first kappa shape index (κ1) is 17.1. The van der Waals surface area contributed by atoms with Crippen molar-refractivity contribution < 1.29 is 9.15 Å². The smallest absolute Gasteiger partial charge is 0.332 e. The minimum Gasteiger partial charge on any atom is -0.497 e. The Labute approximate surface area is 155 Å². The second-order valence-electron chi connectivity index (χ2n) is 6.76. The monoisotopic (exact) mass is 364 g/mol. The van der Waals surface area contributed by atoms with Crippen molar-refractivity contribution in [2.45, 2.75) is 26.4 Å². The minimum atomic E-state index is -0.396. The van der Waals surface area contributed by atoms with Gasteiger partial charge in [-0.05, 0) is 43.7 Å². The molecule has 0 amide bonds. The second-order valence-corrected chi connectivity index (χ2v) is 6.76. The molecule has 0 fully saturated rings. The normalized spacial score (nSPS) is 11.6. The lowest BCUT2D eigenvalue weighted by Crippen LogP contribution is -2.41. The van der Waals surface area contributed by atoms with Gasteiger partial charge in [-0.1, -0.05) is 24.3 Å². The maximum atomic E-state index is 13.2. The molecular formula is C21H20N2O4. The molecule has 27 heavy (non-hydrogen) atoms. The molecule has 2 aromatic heterocycles. The highest BCUT2D eigenvalue weighted by molar-refractivity contribution is 6.02. The molecule has 0 saturated carbocycles. The molecular weight excluding hydrogens is 344 g/mol. The van der Waals surface area contributed by atoms with E-state index in [2.05, 4.69) is 0 Å². The van der Waals surface area contributed by atoms with Gasteiger partial charge in [0.1, 0.15) is 16.8 Å². The quantitative estimate of drug-likeness (QED) is 0.555. The molecule has 2 aromatic carbocycles. The number of hydrogen-bond acceptors (Lipinski definition) is 4. The van der Waals surface area contributed by atoms with Gasteiger partial charge in [-0.3, -0.25) is 13.9 Å². The van der Waals surface area contributed by atoms with Crippen LogP contribution in [0.25, 0.3) is 22.1 Å². The number of nitrogens with zero attached hydrogens (tertiary/aromatic N) is 2. The Hall–Kier alpha value is -3.28. The highest BCUT2D eigenvalue weighted by Crippen LogP contribution is 2.26. The number of para-hydroxylation sites is 1. The van der Waals surface area contributed by atoms with Crippen LogP contribution < -0.4 is 16.0 Å². The number of methoxy groups -OCH3 is 1. The van der Waals surface area contributed by atoms with Gasteiger partial charge in [0.15, 0.2) is 0 Å². The average Bonchev–Trinajstić information content (AvgIpc) is 3.05. The van der Waals surface area contributed by atoms with E-state index in [4.69, 9.17) is 9.15 Å². The van der Waals surface area contributed by atoms with Crippen molar-refractivity contribution in [3.05, 3.63) is 74.9 Å². The van der Waals surface area contributed by atoms with Gasteiger partial charge in [0.25, 0.3) is 5.56 Å². The Bertz CT molecular complexity index is 1240. The summed E-state index contributed by atoms with van der Waals surface area (Å²) < 4.78 is 13.9.